The molecular formula is C17H17BrN2O2. The molecule has 0 bridgehead atoms. The maximum Gasteiger partial charge on any atom is 0.331 e. The van der Waals surface area contributed by atoms with Gasteiger partial charge in [-0.25, -0.2) is 9.48 Å². The molecule has 0 saturated carbocycles. The number of aromatic nitrogens is 2. The van der Waals surface area contributed by atoms with Gasteiger partial charge in [-0.05, 0) is 55.5 Å². The maximum atomic E-state index is 11.8. The molecule has 0 amide bonds. The Kier molecular flexibility index (Phi) is 4.43. The average molecular weight is 361 g/mol. The second-order valence-electron chi connectivity index (χ2n) is 5.19. The van der Waals surface area contributed by atoms with Crippen molar-refractivity contribution in [3.63, 3.8) is 0 Å². The summed E-state index contributed by atoms with van der Waals surface area (Å²) in [4.78, 5) is 11.8. The van der Waals surface area contributed by atoms with Crippen molar-refractivity contribution < 1.29 is 9.53 Å². The number of hydrogen-bond acceptors (Lipinski definition) is 3. The number of halogens is 1. The van der Waals surface area contributed by atoms with Crippen LogP contribution >= 0.6 is 15.9 Å². The first-order chi connectivity index (χ1) is 10.7. The van der Waals surface area contributed by atoms with Crippen LogP contribution in [0, 0.1) is 0 Å². The first kappa shape index (κ1) is 15.0. The molecule has 3 rings (SSSR count). The van der Waals surface area contributed by atoms with Crippen molar-refractivity contribution >= 4 is 27.5 Å². The summed E-state index contributed by atoms with van der Waals surface area (Å²) >= 11 is 3.49. The third-order valence-electron chi connectivity index (χ3n) is 3.67. The van der Waals surface area contributed by atoms with Crippen molar-refractivity contribution in [1.29, 1.82) is 0 Å². The molecular weight excluding hydrogens is 344 g/mol. The predicted octanol–water partition coefficient (Wildman–Crippen LogP) is 3.92. The predicted molar refractivity (Wildman–Crippen MR) is 88.8 cm³/mol. The van der Waals surface area contributed by atoms with Crippen molar-refractivity contribution in [2.45, 2.75) is 26.2 Å². The van der Waals surface area contributed by atoms with E-state index < -0.39 is 0 Å². The van der Waals surface area contributed by atoms with Crippen LogP contribution in [-0.4, -0.2) is 22.4 Å². The molecule has 1 heterocycles. The molecule has 0 radical (unpaired) electrons. The number of carbonyl (C=O) groups excluding carboxylic acids is 1. The second kappa shape index (κ2) is 6.48. The van der Waals surface area contributed by atoms with Gasteiger partial charge < -0.3 is 4.74 Å². The van der Waals surface area contributed by atoms with Gasteiger partial charge in [-0.1, -0.05) is 22.0 Å². The van der Waals surface area contributed by atoms with Gasteiger partial charge in [0.05, 0.1) is 24.2 Å². The number of esters is 1. The summed E-state index contributed by atoms with van der Waals surface area (Å²) in [5, 5.41) is 4.52. The minimum absolute atomic E-state index is 0.285. The van der Waals surface area contributed by atoms with E-state index in [4.69, 9.17) is 4.74 Å². The van der Waals surface area contributed by atoms with Gasteiger partial charge in [0.25, 0.3) is 0 Å². The normalized spacial score (nSPS) is 15.6. The lowest BCUT2D eigenvalue weighted by Crippen LogP contribution is -2.09. The molecule has 2 aromatic rings. The van der Waals surface area contributed by atoms with Crippen LogP contribution in [0.4, 0.5) is 0 Å². The number of ether oxygens (including phenoxy) is 1. The summed E-state index contributed by atoms with van der Waals surface area (Å²) in [6.07, 6.45) is 6.39. The minimum atomic E-state index is -0.285. The van der Waals surface area contributed by atoms with Crippen LogP contribution in [0.3, 0.4) is 0 Å². The van der Waals surface area contributed by atoms with Crippen LogP contribution in [0.2, 0.25) is 0 Å². The van der Waals surface area contributed by atoms with Gasteiger partial charge in [0.1, 0.15) is 0 Å². The van der Waals surface area contributed by atoms with E-state index in [1.165, 1.54) is 5.56 Å². The van der Waals surface area contributed by atoms with Gasteiger partial charge in [0.2, 0.25) is 0 Å². The fourth-order valence-electron chi connectivity index (χ4n) is 2.77. The fraction of sp³-hybridized carbons (Fsp3) is 0.294. The number of nitrogens with zero attached hydrogens (tertiary/aromatic N) is 2. The van der Waals surface area contributed by atoms with Gasteiger partial charge in [-0.3, -0.25) is 0 Å². The van der Waals surface area contributed by atoms with E-state index in [1.807, 2.05) is 42.1 Å². The first-order valence-electron chi connectivity index (χ1n) is 7.39. The Morgan fingerprint density at radius 3 is 3.09 bits per heavy atom. The van der Waals surface area contributed by atoms with Gasteiger partial charge in [0.15, 0.2) is 0 Å². The minimum Gasteiger partial charge on any atom is -0.463 e. The Hall–Kier alpha value is -1.88. The zero-order valence-corrected chi connectivity index (χ0v) is 14.0. The lowest BCUT2D eigenvalue weighted by Gasteiger charge is -2.17. The van der Waals surface area contributed by atoms with Crippen LogP contribution < -0.4 is 0 Å². The number of rotatable bonds is 3. The van der Waals surface area contributed by atoms with Crippen LogP contribution in [0.1, 0.15) is 31.0 Å². The van der Waals surface area contributed by atoms with Crippen molar-refractivity contribution in [3.8, 4) is 5.69 Å². The molecule has 0 spiro atoms. The number of aryl methyl sites for hydroxylation is 1. The number of benzene rings is 1. The summed E-state index contributed by atoms with van der Waals surface area (Å²) in [5.74, 6) is -0.285. The number of hydrogen-bond donors (Lipinski definition) is 0. The molecule has 1 aliphatic rings. The van der Waals surface area contributed by atoms with E-state index in [1.54, 1.807) is 6.08 Å². The van der Waals surface area contributed by atoms with Crippen LogP contribution in [0.15, 0.2) is 41.0 Å². The highest BCUT2D eigenvalue weighted by molar-refractivity contribution is 9.10. The monoisotopic (exact) mass is 360 g/mol. The topological polar surface area (TPSA) is 44.1 Å². The molecule has 0 saturated heterocycles. The molecule has 1 aromatic carbocycles. The summed E-state index contributed by atoms with van der Waals surface area (Å²) in [6, 6.07) is 7.98. The Morgan fingerprint density at radius 1 is 1.45 bits per heavy atom. The molecule has 114 valence electrons. The molecule has 5 heteroatoms. The highest BCUT2D eigenvalue weighted by Crippen LogP contribution is 2.32. The molecule has 1 aliphatic carbocycles. The van der Waals surface area contributed by atoms with Crippen molar-refractivity contribution in [1.82, 2.24) is 9.78 Å². The summed E-state index contributed by atoms with van der Waals surface area (Å²) in [7, 11) is 0. The van der Waals surface area contributed by atoms with E-state index in [-0.39, 0.29) is 5.97 Å². The van der Waals surface area contributed by atoms with E-state index in [0.717, 1.165) is 40.7 Å². The quantitative estimate of drug-likeness (QED) is 0.615. The van der Waals surface area contributed by atoms with E-state index in [0.29, 0.717) is 6.61 Å². The Labute approximate surface area is 137 Å². The van der Waals surface area contributed by atoms with Crippen LogP contribution in [-0.2, 0) is 16.0 Å². The zero-order valence-electron chi connectivity index (χ0n) is 12.4. The van der Waals surface area contributed by atoms with E-state index in [9.17, 15) is 4.79 Å². The summed E-state index contributed by atoms with van der Waals surface area (Å²) in [6.45, 7) is 2.20. The maximum absolute atomic E-state index is 11.8. The third-order valence-corrected chi connectivity index (χ3v) is 4.17. The molecule has 22 heavy (non-hydrogen) atoms. The molecule has 1 aromatic heterocycles. The van der Waals surface area contributed by atoms with E-state index >= 15 is 0 Å². The second-order valence-corrected chi connectivity index (χ2v) is 6.10. The molecule has 0 unspecified atom stereocenters. The zero-order chi connectivity index (χ0) is 15.5. The smallest absolute Gasteiger partial charge is 0.331 e. The highest BCUT2D eigenvalue weighted by atomic mass is 79.9. The number of allylic oxidation sites excluding steroid dienone is 1. The third kappa shape index (κ3) is 2.99. The Bertz CT molecular complexity index is 734. The molecule has 0 N–H and O–H groups in total. The van der Waals surface area contributed by atoms with Crippen molar-refractivity contribution in [2.24, 2.45) is 0 Å². The molecule has 0 aliphatic heterocycles. The first-order valence-corrected chi connectivity index (χ1v) is 8.19. The number of fused-ring (bicyclic) bond motifs is 1. The largest absolute Gasteiger partial charge is 0.463 e. The molecule has 4 nitrogen and oxygen atoms in total. The van der Waals surface area contributed by atoms with Crippen LogP contribution in [0.5, 0.6) is 0 Å². The van der Waals surface area contributed by atoms with Crippen molar-refractivity contribution in [2.75, 3.05) is 6.61 Å². The fourth-order valence-corrected chi connectivity index (χ4v) is 3.15. The standard InChI is InChI=1S/C17H17BrN2O2/c1-2-22-16(21)9-12-5-3-6-13-11-19-20(17(12)13)15-8-4-7-14(18)10-15/h4,7-11H,2-3,5-6H2,1H3/b12-9+. The van der Waals surface area contributed by atoms with Crippen LogP contribution in [0.25, 0.3) is 11.3 Å². The lowest BCUT2D eigenvalue weighted by molar-refractivity contribution is -0.137. The molecule has 0 fully saturated rings. The Morgan fingerprint density at radius 2 is 2.32 bits per heavy atom. The lowest BCUT2D eigenvalue weighted by atomic mass is 9.92. The SMILES string of the molecule is CCOC(=O)/C=C1\CCCc2cnn(-c3cccc(Br)c3)c21. The van der Waals surface area contributed by atoms with E-state index in [2.05, 4.69) is 21.0 Å². The van der Waals surface area contributed by atoms with Gasteiger partial charge in [-0.15, -0.1) is 0 Å². The summed E-state index contributed by atoms with van der Waals surface area (Å²) in [5.41, 5.74) is 4.18. The highest BCUT2D eigenvalue weighted by Gasteiger charge is 2.21. The average Bonchev–Trinajstić information content (AvgIpc) is 2.92. The summed E-state index contributed by atoms with van der Waals surface area (Å²) < 4.78 is 7.96. The van der Waals surface area contributed by atoms with Crippen molar-refractivity contribution in [3.05, 3.63) is 52.3 Å². The Balaban J connectivity index is 2.06. The van der Waals surface area contributed by atoms with Gasteiger partial charge in [0, 0.05) is 10.5 Å². The number of carbonyl (C=O) groups is 1. The van der Waals surface area contributed by atoms with Gasteiger partial charge >= 0.3 is 5.97 Å². The van der Waals surface area contributed by atoms with Gasteiger partial charge in [-0.2, -0.15) is 5.10 Å². The molecule has 0 atom stereocenters.